The van der Waals surface area contributed by atoms with Gasteiger partial charge in [-0.25, -0.2) is 13.2 Å². The Morgan fingerprint density at radius 3 is 2.78 bits per heavy atom. The number of anilines is 1. The van der Waals surface area contributed by atoms with Crippen LogP contribution in [0, 0.1) is 5.92 Å². The molecule has 1 aliphatic rings. The molecule has 1 aromatic heterocycles. The molecule has 1 unspecified atom stereocenters. The molecule has 1 saturated heterocycles. The maximum absolute atomic E-state index is 12.8. The summed E-state index contributed by atoms with van der Waals surface area (Å²) in [5.74, 6) is -1.25. The molecular formula is C18H20N2O5S2. The molecule has 9 heteroatoms. The first-order valence-corrected chi connectivity index (χ1v) is 10.8. The number of nitrogens with zero attached hydrogens (tertiary/aromatic N) is 1. The minimum Gasteiger partial charge on any atom is -0.478 e. The van der Waals surface area contributed by atoms with E-state index in [1.165, 1.54) is 34.0 Å². The van der Waals surface area contributed by atoms with Crippen LogP contribution in [0.3, 0.4) is 0 Å². The van der Waals surface area contributed by atoms with Crippen LogP contribution in [0.2, 0.25) is 0 Å². The Kier molecular flexibility index (Phi) is 5.64. The Morgan fingerprint density at radius 1 is 1.30 bits per heavy atom. The molecule has 2 N–H and O–H groups in total. The lowest BCUT2D eigenvalue weighted by molar-refractivity contribution is 0.0696. The molecule has 2 aromatic rings. The topological polar surface area (TPSA) is 104 Å². The minimum absolute atomic E-state index is 0.0569. The second-order valence-corrected chi connectivity index (χ2v) is 9.45. The molecule has 1 aromatic carbocycles. The average Bonchev–Trinajstić information content (AvgIpc) is 3.13. The van der Waals surface area contributed by atoms with Gasteiger partial charge in [0, 0.05) is 24.2 Å². The van der Waals surface area contributed by atoms with E-state index < -0.39 is 21.9 Å². The fraction of sp³-hybridized carbons (Fsp3) is 0.333. The van der Waals surface area contributed by atoms with Crippen molar-refractivity contribution < 1.29 is 23.1 Å². The molecule has 0 saturated carbocycles. The standard InChI is InChI=1S/C18H20N2O5S2/c1-12-4-3-7-20(10-12)27(24,25)15-9-16(26-11-15)17(21)19-14-6-2-5-13(8-14)18(22)23/h2,5-6,8-9,11-12H,3-4,7,10H2,1H3,(H,19,21)(H,22,23). The third-order valence-electron chi connectivity index (χ3n) is 4.42. The van der Waals surface area contributed by atoms with Gasteiger partial charge >= 0.3 is 5.97 Å². The summed E-state index contributed by atoms with van der Waals surface area (Å²) in [6.07, 6.45) is 1.84. The number of carboxylic acid groups (broad SMARTS) is 1. The smallest absolute Gasteiger partial charge is 0.335 e. The van der Waals surface area contributed by atoms with Crippen molar-refractivity contribution in [2.45, 2.75) is 24.7 Å². The number of hydrogen-bond acceptors (Lipinski definition) is 5. The molecule has 1 fully saturated rings. The van der Waals surface area contributed by atoms with Crippen LogP contribution in [0.4, 0.5) is 5.69 Å². The molecule has 2 heterocycles. The maximum Gasteiger partial charge on any atom is 0.335 e. The molecule has 27 heavy (non-hydrogen) atoms. The quantitative estimate of drug-likeness (QED) is 0.791. The van der Waals surface area contributed by atoms with Crippen LogP contribution in [-0.4, -0.2) is 42.8 Å². The van der Waals surface area contributed by atoms with E-state index in [1.54, 1.807) is 6.07 Å². The summed E-state index contributed by atoms with van der Waals surface area (Å²) in [7, 11) is -3.61. The van der Waals surface area contributed by atoms with Gasteiger partial charge in [0.05, 0.1) is 15.3 Å². The molecule has 1 aliphatic heterocycles. The van der Waals surface area contributed by atoms with Crippen molar-refractivity contribution in [1.82, 2.24) is 4.31 Å². The van der Waals surface area contributed by atoms with Crippen LogP contribution >= 0.6 is 11.3 Å². The van der Waals surface area contributed by atoms with Crippen LogP contribution in [0.1, 0.15) is 39.8 Å². The zero-order chi connectivity index (χ0) is 19.6. The lowest BCUT2D eigenvalue weighted by Gasteiger charge is -2.29. The molecule has 0 bridgehead atoms. The molecular weight excluding hydrogens is 388 g/mol. The van der Waals surface area contributed by atoms with Crippen molar-refractivity contribution in [3.8, 4) is 0 Å². The monoisotopic (exact) mass is 408 g/mol. The summed E-state index contributed by atoms with van der Waals surface area (Å²) in [6, 6.07) is 7.25. The fourth-order valence-electron chi connectivity index (χ4n) is 3.01. The molecule has 3 rings (SSSR count). The number of carbonyl (C=O) groups excluding carboxylic acids is 1. The minimum atomic E-state index is -3.61. The first-order valence-electron chi connectivity index (χ1n) is 8.51. The molecule has 0 aliphatic carbocycles. The SMILES string of the molecule is CC1CCCN(S(=O)(=O)c2csc(C(=O)Nc3cccc(C(=O)O)c3)c2)C1. The Morgan fingerprint density at radius 2 is 2.07 bits per heavy atom. The summed E-state index contributed by atoms with van der Waals surface area (Å²) >= 11 is 1.04. The van der Waals surface area contributed by atoms with E-state index in [2.05, 4.69) is 5.32 Å². The third kappa shape index (κ3) is 4.37. The Balaban J connectivity index is 1.76. The first-order chi connectivity index (χ1) is 12.8. The van der Waals surface area contributed by atoms with Crippen molar-refractivity contribution in [3.05, 3.63) is 46.2 Å². The number of sulfonamides is 1. The van der Waals surface area contributed by atoms with Crippen molar-refractivity contribution in [1.29, 1.82) is 0 Å². The van der Waals surface area contributed by atoms with E-state index in [9.17, 15) is 18.0 Å². The lowest BCUT2D eigenvalue weighted by Crippen LogP contribution is -2.38. The van der Waals surface area contributed by atoms with Crippen LogP contribution < -0.4 is 5.32 Å². The van der Waals surface area contributed by atoms with Gasteiger partial charge in [0.2, 0.25) is 10.0 Å². The number of carboxylic acids is 1. The highest BCUT2D eigenvalue weighted by atomic mass is 32.2. The molecule has 144 valence electrons. The summed E-state index contributed by atoms with van der Waals surface area (Å²) in [6.45, 7) is 3.01. The van der Waals surface area contributed by atoms with Gasteiger partial charge in [0.1, 0.15) is 0 Å². The number of amides is 1. The maximum atomic E-state index is 12.8. The number of piperidine rings is 1. The lowest BCUT2D eigenvalue weighted by atomic mass is 10.0. The van der Waals surface area contributed by atoms with Gasteiger partial charge in [0.25, 0.3) is 5.91 Å². The molecule has 0 spiro atoms. The molecule has 7 nitrogen and oxygen atoms in total. The summed E-state index contributed by atoms with van der Waals surface area (Å²) < 4.78 is 27.0. The number of benzene rings is 1. The highest BCUT2D eigenvalue weighted by molar-refractivity contribution is 7.89. The number of rotatable bonds is 5. The predicted molar refractivity (Wildman–Crippen MR) is 103 cm³/mol. The highest BCUT2D eigenvalue weighted by Gasteiger charge is 2.30. The van der Waals surface area contributed by atoms with Crippen molar-refractivity contribution in [2.75, 3.05) is 18.4 Å². The number of hydrogen-bond donors (Lipinski definition) is 2. The zero-order valence-electron chi connectivity index (χ0n) is 14.7. The Labute approximate surface area is 161 Å². The second kappa shape index (κ2) is 7.79. The van der Waals surface area contributed by atoms with Gasteiger partial charge in [-0.05, 0) is 43.0 Å². The van der Waals surface area contributed by atoms with Crippen LogP contribution in [0.5, 0.6) is 0 Å². The fourth-order valence-corrected chi connectivity index (χ4v) is 5.76. The van der Waals surface area contributed by atoms with Crippen LogP contribution in [0.15, 0.2) is 40.6 Å². The van der Waals surface area contributed by atoms with E-state index in [-0.39, 0.29) is 15.3 Å². The van der Waals surface area contributed by atoms with Gasteiger partial charge in [0.15, 0.2) is 0 Å². The van der Waals surface area contributed by atoms with E-state index >= 15 is 0 Å². The van der Waals surface area contributed by atoms with E-state index in [4.69, 9.17) is 5.11 Å². The summed E-state index contributed by atoms with van der Waals surface area (Å²) in [4.78, 5) is 23.8. The summed E-state index contributed by atoms with van der Waals surface area (Å²) in [5.41, 5.74) is 0.393. The summed E-state index contributed by atoms with van der Waals surface area (Å²) in [5, 5.41) is 13.1. The van der Waals surface area contributed by atoms with E-state index in [1.807, 2.05) is 6.92 Å². The van der Waals surface area contributed by atoms with Gasteiger partial charge in [-0.2, -0.15) is 4.31 Å². The van der Waals surface area contributed by atoms with Gasteiger partial charge in [-0.15, -0.1) is 11.3 Å². The number of aromatic carboxylic acids is 1. The number of nitrogens with one attached hydrogen (secondary N) is 1. The van der Waals surface area contributed by atoms with Crippen molar-refractivity contribution >= 4 is 38.9 Å². The third-order valence-corrected chi connectivity index (χ3v) is 7.35. The van der Waals surface area contributed by atoms with Crippen LogP contribution in [0.25, 0.3) is 0 Å². The molecule has 0 radical (unpaired) electrons. The van der Waals surface area contributed by atoms with Crippen LogP contribution in [-0.2, 0) is 10.0 Å². The Hall–Kier alpha value is -2.23. The largest absolute Gasteiger partial charge is 0.478 e. The van der Waals surface area contributed by atoms with Gasteiger partial charge in [-0.1, -0.05) is 13.0 Å². The normalized spacial score (nSPS) is 18.2. The van der Waals surface area contributed by atoms with Crippen molar-refractivity contribution in [2.24, 2.45) is 5.92 Å². The number of carbonyl (C=O) groups is 2. The Bertz CT molecular complexity index is 968. The molecule has 1 atom stereocenters. The first kappa shape index (κ1) is 19.5. The number of thiophene rings is 1. The average molecular weight is 409 g/mol. The van der Waals surface area contributed by atoms with E-state index in [0.29, 0.717) is 24.7 Å². The zero-order valence-corrected chi connectivity index (χ0v) is 16.3. The van der Waals surface area contributed by atoms with E-state index in [0.717, 1.165) is 24.2 Å². The highest BCUT2D eigenvalue weighted by Crippen LogP contribution is 2.27. The van der Waals surface area contributed by atoms with Crippen molar-refractivity contribution in [3.63, 3.8) is 0 Å². The van der Waals surface area contributed by atoms with Gasteiger partial charge in [-0.3, -0.25) is 4.79 Å². The predicted octanol–water partition coefficient (Wildman–Crippen LogP) is 3.12. The van der Waals surface area contributed by atoms with Gasteiger partial charge < -0.3 is 10.4 Å². The second-order valence-electron chi connectivity index (χ2n) is 6.60. The molecule has 1 amide bonds.